The Bertz CT molecular complexity index is 1340. The fourth-order valence-electron chi connectivity index (χ4n) is 3.09. The van der Waals surface area contributed by atoms with Gasteiger partial charge in [0.15, 0.2) is 0 Å². The van der Waals surface area contributed by atoms with E-state index < -0.39 is 11.9 Å². The van der Waals surface area contributed by atoms with Crippen LogP contribution in [0.5, 0.6) is 0 Å². The van der Waals surface area contributed by atoms with Gasteiger partial charge in [0.2, 0.25) is 0 Å². The van der Waals surface area contributed by atoms with Gasteiger partial charge in [0.1, 0.15) is 0 Å². The predicted octanol–water partition coefficient (Wildman–Crippen LogP) is 1.36. The smallest absolute Gasteiger partial charge is 0.613 e. The molecule has 0 unspecified atom stereocenters. The molecule has 1 heterocycles. The maximum absolute atomic E-state index is 12.7. The Labute approximate surface area is 213 Å². The summed E-state index contributed by atoms with van der Waals surface area (Å²) in [6, 6.07) is 14.3. The van der Waals surface area contributed by atoms with Crippen LogP contribution in [0.4, 0.5) is 0 Å². The molecule has 1 radical (unpaired) electrons. The van der Waals surface area contributed by atoms with Crippen molar-refractivity contribution in [2.24, 2.45) is 0 Å². The van der Waals surface area contributed by atoms with Crippen LogP contribution in [0.1, 0.15) is 25.2 Å². The van der Waals surface area contributed by atoms with Crippen molar-refractivity contribution < 1.29 is 36.5 Å². The first-order valence-electron chi connectivity index (χ1n) is 10.9. The topological polar surface area (TPSA) is 116 Å². The van der Waals surface area contributed by atoms with Gasteiger partial charge in [-0.1, -0.05) is 38.1 Å². The van der Waals surface area contributed by atoms with E-state index in [0.717, 1.165) is 0 Å². The molecule has 183 valence electrons. The largest absolute Gasteiger partial charge is 2.00 e. The molecule has 0 aliphatic carbocycles. The van der Waals surface area contributed by atoms with Gasteiger partial charge < -0.3 is 19.7 Å². The third kappa shape index (κ3) is 7.14. The van der Waals surface area contributed by atoms with E-state index >= 15 is 0 Å². The average Bonchev–Trinajstić information content (AvgIpc) is 2.81. The first-order valence-corrected chi connectivity index (χ1v) is 10.9. The van der Waals surface area contributed by atoms with E-state index in [0.29, 0.717) is 33.5 Å². The minimum absolute atomic E-state index is 0. The second-order valence-electron chi connectivity index (χ2n) is 7.16. The Morgan fingerprint density at radius 1 is 0.657 bits per heavy atom. The van der Waals surface area contributed by atoms with Crippen LogP contribution < -0.4 is 20.7 Å². The van der Waals surface area contributed by atoms with Crippen LogP contribution in [0, 0.1) is 13.8 Å². The molecule has 2 aromatic carbocycles. The fourth-order valence-corrected chi connectivity index (χ4v) is 3.09. The standard InChI is InChI=1S/C26H28N4O4.Co/c1-5-33-25(31)19-15-27-21-11-7-8-12-22(21)28-16-20(26(32)34-6-2)18(4)30-24-14-10-9-13-23(24)29-17(19)3;/h7-16,31-32H,5-6H2,1-4H3;/q;+2/p-2/b25-19+,26-20+,27-15?,28-16?,29-17?,30-18?;. The zero-order valence-electron chi connectivity index (χ0n) is 19.9. The van der Waals surface area contributed by atoms with Gasteiger partial charge in [0, 0.05) is 34.2 Å². The van der Waals surface area contributed by atoms with E-state index in [2.05, 4.69) is 19.9 Å². The van der Waals surface area contributed by atoms with Gasteiger partial charge in [-0.2, -0.15) is 0 Å². The summed E-state index contributed by atoms with van der Waals surface area (Å²) in [6.07, 6.45) is 2.84. The number of hydrogen-bond donors (Lipinski definition) is 0. The number of hydrogen-bond acceptors (Lipinski definition) is 8. The Morgan fingerprint density at radius 3 is 1.34 bits per heavy atom. The molecule has 0 aliphatic heterocycles. The number of nitrogens with zero attached hydrogens (tertiary/aromatic N) is 4. The average molecular weight is 517 g/mol. The maximum Gasteiger partial charge on any atom is 2.00 e. The van der Waals surface area contributed by atoms with Crippen molar-refractivity contribution in [1.29, 1.82) is 0 Å². The summed E-state index contributed by atoms with van der Waals surface area (Å²) < 4.78 is 10.4. The third-order valence-electron chi connectivity index (χ3n) is 4.78. The van der Waals surface area contributed by atoms with E-state index in [-0.39, 0.29) is 40.4 Å². The van der Waals surface area contributed by atoms with E-state index in [9.17, 15) is 10.2 Å². The Kier molecular flexibility index (Phi) is 10.4. The maximum atomic E-state index is 12.7. The quantitative estimate of drug-likeness (QED) is 0.510. The Hall–Kier alpha value is -3.69. The van der Waals surface area contributed by atoms with Crippen molar-refractivity contribution in [3.8, 4) is 0 Å². The first-order chi connectivity index (χ1) is 16.4. The van der Waals surface area contributed by atoms with Crippen molar-refractivity contribution in [3.63, 3.8) is 0 Å². The number of aryl methyl sites for hydroxylation is 2. The second-order valence-corrected chi connectivity index (χ2v) is 7.16. The van der Waals surface area contributed by atoms with Crippen molar-refractivity contribution in [2.45, 2.75) is 27.7 Å². The minimum atomic E-state index is -0.532. The molecule has 35 heavy (non-hydrogen) atoms. The van der Waals surface area contributed by atoms with E-state index in [4.69, 9.17) is 9.47 Å². The van der Waals surface area contributed by atoms with Gasteiger partial charge in [-0.25, -0.2) is 0 Å². The molecule has 0 amide bonds. The zero-order valence-corrected chi connectivity index (χ0v) is 21.0. The molecule has 0 N–H and O–H groups in total. The van der Waals surface area contributed by atoms with Gasteiger partial charge in [-0.3, -0.25) is 19.9 Å². The Morgan fingerprint density at radius 2 is 1.00 bits per heavy atom. The van der Waals surface area contributed by atoms with E-state index in [1.165, 1.54) is 12.4 Å². The first kappa shape index (κ1) is 27.6. The number of rotatable bonds is 4. The summed E-state index contributed by atoms with van der Waals surface area (Å²) in [7, 11) is 0. The van der Waals surface area contributed by atoms with Crippen LogP contribution in [0.3, 0.4) is 0 Å². The molecule has 0 spiro atoms. The monoisotopic (exact) mass is 517 g/mol. The van der Waals surface area contributed by atoms with Gasteiger partial charge in [-0.05, 0) is 51.3 Å². The predicted molar refractivity (Wildman–Crippen MR) is 127 cm³/mol. The molecular weight excluding hydrogens is 491 g/mol. The molecule has 0 atom stereocenters. The minimum Gasteiger partial charge on any atom is -0.613 e. The van der Waals surface area contributed by atoms with Crippen LogP contribution in [-0.4, -0.2) is 33.1 Å². The molecule has 1 aromatic heterocycles. The van der Waals surface area contributed by atoms with Gasteiger partial charge in [0.25, 0.3) is 0 Å². The van der Waals surface area contributed by atoms with Crippen LogP contribution in [0.2, 0.25) is 0 Å². The molecule has 0 fully saturated rings. The number of benzene rings is 2. The zero-order chi connectivity index (χ0) is 24.5. The van der Waals surface area contributed by atoms with Crippen LogP contribution >= 0.6 is 0 Å². The summed E-state index contributed by atoms with van der Waals surface area (Å²) >= 11 is 0. The van der Waals surface area contributed by atoms with Gasteiger partial charge >= 0.3 is 16.8 Å². The SMILES string of the molecule is CCO/C([O-])=c1\cnc2ccccc2nc/c(=C(/[O-])OCC)c(C)nc2ccccc2nc1C.[Co+2]. The molecule has 0 aliphatic rings. The third-order valence-corrected chi connectivity index (χ3v) is 4.78. The van der Waals surface area contributed by atoms with Gasteiger partial charge in [-0.15, -0.1) is 0 Å². The molecule has 0 saturated heterocycles. The van der Waals surface area contributed by atoms with Crippen molar-refractivity contribution in [3.05, 3.63) is 82.7 Å². The molecule has 0 bridgehead atoms. The number of para-hydroxylation sites is 4. The second kappa shape index (κ2) is 13.3. The molecule has 8 nitrogen and oxygen atoms in total. The molecule has 3 aromatic rings. The Balaban J connectivity index is 0.00000432. The summed E-state index contributed by atoms with van der Waals surface area (Å²) in [5.41, 5.74) is 2.87. The fraction of sp³-hybridized carbons (Fsp3) is 0.231. The summed E-state index contributed by atoms with van der Waals surface area (Å²) in [6.45, 7) is 7.32. The summed E-state index contributed by atoms with van der Waals surface area (Å²) in [5, 5.41) is 25.8. The number of fused-ring (bicyclic) bond motifs is 2. The van der Waals surface area contributed by atoms with E-state index in [1.807, 2.05) is 12.1 Å². The van der Waals surface area contributed by atoms with Crippen molar-refractivity contribution in [1.82, 2.24) is 19.9 Å². The van der Waals surface area contributed by atoms with Crippen LogP contribution in [-0.2, 0) is 26.3 Å². The van der Waals surface area contributed by atoms with Crippen LogP contribution in [0.25, 0.3) is 34.0 Å². The summed E-state index contributed by atoms with van der Waals surface area (Å²) in [4.78, 5) is 18.2. The van der Waals surface area contributed by atoms with Crippen molar-refractivity contribution in [2.75, 3.05) is 13.2 Å². The molecular formula is C26H26CoN4O4. The number of aromatic nitrogens is 4. The van der Waals surface area contributed by atoms with Crippen LogP contribution in [0.15, 0.2) is 60.9 Å². The molecule has 9 heteroatoms. The molecule has 0 saturated carbocycles. The normalized spacial score (nSPS) is 12.0. The number of ether oxygens (including phenoxy) is 2. The molecule has 3 rings (SSSR count). The van der Waals surface area contributed by atoms with Gasteiger partial charge in [0.05, 0.1) is 34.0 Å². The van der Waals surface area contributed by atoms with Crippen molar-refractivity contribution >= 4 is 34.0 Å². The summed E-state index contributed by atoms with van der Waals surface area (Å²) in [5.74, 6) is -1.06. The van der Waals surface area contributed by atoms with E-state index in [1.54, 1.807) is 64.1 Å².